The monoisotopic (exact) mass is 445 g/mol. The van der Waals surface area contributed by atoms with Gasteiger partial charge in [0.25, 0.3) is 10.1 Å². The molecule has 3 aromatic rings. The predicted octanol–water partition coefficient (Wildman–Crippen LogP) is 3.37. The zero-order valence-corrected chi connectivity index (χ0v) is 18.2. The molecule has 2 heterocycles. The molecule has 1 aromatic heterocycles. The van der Waals surface area contributed by atoms with Crippen LogP contribution in [0.1, 0.15) is 23.1 Å². The van der Waals surface area contributed by atoms with Crippen LogP contribution in [0.3, 0.4) is 0 Å². The molecule has 0 spiro atoms. The zero-order valence-electron chi connectivity index (χ0n) is 17.4. The highest BCUT2D eigenvalue weighted by molar-refractivity contribution is 7.86. The second-order valence-corrected chi connectivity index (χ2v) is 9.62. The van der Waals surface area contributed by atoms with Crippen molar-refractivity contribution in [2.45, 2.75) is 37.3 Å². The number of ether oxygens (including phenoxy) is 1. The Morgan fingerprint density at radius 3 is 2.61 bits per heavy atom. The van der Waals surface area contributed by atoms with Crippen LogP contribution in [0.4, 0.5) is 4.39 Å². The van der Waals surface area contributed by atoms with E-state index in [4.69, 9.17) is 8.92 Å². The highest BCUT2D eigenvalue weighted by atomic mass is 32.2. The van der Waals surface area contributed by atoms with Gasteiger partial charge in [0.1, 0.15) is 24.1 Å². The molecule has 0 aliphatic carbocycles. The Morgan fingerprint density at radius 2 is 1.94 bits per heavy atom. The predicted molar refractivity (Wildman–Crippen MR) is 111 cm³/mol. The van der Waals surface area contributed by atoms with Crippen molar-refractivity contribution in [3.05, 3.63) is 77.6 Å². The molecule has 31 heavy (non-hydrogen) atoms. The van der Waals surface area contributed by atoms with Crippen molar-refractivity contribution >= 4 is 10.1 Å². The van der Waals surface area contributed by atoms with Crippen molar-refractivity contribution in [1.82, 2.24) is 14.8 Å². The Balaban J connectivity index is 1.53. The second kappa shape index (κ2) is 8.49. The van der Waals surface area contributed by atoms with E-state index >= 15 is 0 Å². The fourth-order valence-corrected chi connectivity index (χ4v) is 4.85. The molecule has 4 rings (SSSR count). The molecular weight excluding hydrogens is 421 g/mol. The SMILES string of the molecule is Cc1ccc(S(=O)(=O)OC[C@@H]2CO[C@](Cn3cncn3)(c3ccc(C)cc3F)C2)cc1. The fraction of sp³-hybridized carbons (Fsp3) is 0.364. The van der Waals surface area contributed by atoms with Crippen LogP contribution in [0, 0.1) is 25.6 Å². The number of aromatic nitrogens is 3. The number of nitrogens with zero attached hydrogens (tertiary/aromatic N) is 3. The summed E-state index contributed by atoms with van der Waals surface area (Å²) in [5.74, 6) is -0.599. The second-order valence-electron chi connectivity index (χ2n) is 8.00. The third-order valence-electron chi connectivity index (χ3n) is 5.48. The average molecular weight is 446 g/mol. The minimum Gasteiger partial charge on any atom is -0.368 e. The number of hydrogen-bond acceptors (Lipinski definition) is 6. The van der Waals surface area contributed by atoms with Gasteiger partial charge in [0, 0.05) is 11.5 Å². The first kappa shape index (κ1) is 21.6. The van der Waals surface area contributed by atoms with Gasteiger partial charge in [-0.15, -0.1) is 0 Å². The molecule has 2 aromatic carbocycles. The molecule has 7 nitrogen and oxygen atoms in total. The van der Waals surface area contributed by atoms with E-state index in [-0.39, 0.29) is 36.4 Å². The number of benzene rings is 2. The van der Waals surface area contributed by atoms with E-state index in [1.165, 1.54) is 24.5 Å². The molecule has 9 heteroatoms. The first-order valence-corrected chi connectivity index (χ1v) is 11.4. The number of hydrogen-bond donors (Lipinski definition) is 0. The van der Waals surface area contributed by atoms with Crippen molar-refractivity contribution in [2.75, 3.05) is 13.2 Å². The van der Waals surface area contributed by atoms with E-state index in [0.29, 0.717) is 12.0 Å². The van der Waals surface area contributed by atoms with Gasteiger partial charge in [-0.2, -0.15) is 13.5 Å². The van der Waals surface area contributed by atoms with Gasteiger partial charge < -0.3 is 4.74 Å². The summed E-state index contributed by atoms with van der Waals surface area (Å²) < 4.78 is 53.0. The Labute approximate surface area is 181 Å². The van der Waals surface area contributed by atoms with Crippen LogP contribution in [-0.2, 0) is 31.2 Å². The van der Waals surface area contributed by atoms with Gasteiger partial charge in [0.05, 0.1) is 24.7 Å². The Bertz CT molecular complexity index is 1150. The smallest absolute Gasteiger partial charge is 0.296 e. The molecule has 0 unspecified atom stereocenters. The summed E-state index contributed by atoms with van der Waals surface area (Å²) in [6.07, 6.45) is 3.34. The lowest BCUT2D eigenvalue weighted by atomic mass is 9.86. The lowest BCUT2D eigenvalue weighted by Crippen LogP contribution is -2.32. The van der Waals surface area contributed by atoms with E-state index < -0.39 is 15.7 Å². The van der Waals surface area contributed by atoms with Gasteiger partial charge in [-0.3, -0.25) is 4.18 Å². The van der Waals surface area contributed by atoms with Crippen LogP contribution in [0.25, 0.3) is 0 Å². The van der Waals surface area contributed by atoms with Crippen molar-refractivity contribution in [1.29, 1.82) is 0 Å². The van der Waals surface area contributed by atoms with E-state index in [1.54, 1.807) is 29.2 Å². The summed E-state index contributed by atoms with van der Waals surface area (Å²) >= 11 is 0. The van der Waals surface area contributed by atoms with Gasteiger partial charge in [0.2, 0.25) is 0 Å². The molecular formula is C22H24FN3O4S. The maximum Gasteiger partial charge on any atom is 0.296 e. The maximum absolute atomic E-state index is 14.9. The van der Waals surface area contributed by atoms with Gasteiger partial charge >= 0.3 is 0 Å². The normalized spacial score (nSPS) is 21.5. The molecule has 2 atom stereocenters. The third kappa shape index (κ3) is 4.68. The zero-order chi connectivity index (χ0) is 22.1. The van der Waals surface area contributed by atoms with Gasteiger partial charge in [-0.1, -0.05) is 29.8 Å². The molecule has 1 aliphatic heterocycles. The minimum absolute atomic E-state index is 0.0528. The highest BCUT2D eigenvalue weighted by Gasteiger charge is 2.44. The highest BCUT2D eigenvalue weighted by Crippen LogP contribution is 2.42. The van der Waals surface area contributed by atoms with Crippen molar-refractivity contribution in [3.63, 3.8) is 0 Å². The van der Waals surface area contributed by atoms with E-state index in [1.807, 2.05) is 19.9 Å². The molecule has 1 aliphatic rings. The van der Waals surface area contributed by atoms with E-state index in [2.05, 4.69) is 10.1 Å². The third-order valence-corrected chi connectivity index (χ3v) is 6.78. The van der Waals surface area contributed by atoms with Crippen LogP contribution < -0.4 is 0 Å². The molecule has 1 fully saturated rings. The Kier molecular flexibility index (Phi) is 5.92. The van der Waals surface area contributed by atoms with Crippen LogP contribution in [0.15, 0.2) is 60.0 Å². The quantitative estimate of drug-likeness (QED) is 0.519. The van der Waals surface area contributed by atoms with Crippen molar-refractivity contribution in [2.24, 2.45) is 5.92 Å². The van der Waals surface area contributed by atoms with E-state index in [9.17, 15) is 12.8 Å². The molecule has 164 valence electrons. The topological polar surface area (TPSA) is 83.3 Å². The molecule has 1 saturated heterocycles. The van der Waals surface area contributed by atoms with Gasteiger partial charge in [0.15, 0.2) is 0 Å². The van der Waals surface area contributed by atoms with Gasteiger partial charge in [-0.05, 0) is 44.0 Å². The van der Waals surface area contributed by atoms with E-state index in [0.717, 1.165) is 11.1 Å². The van der Waals surface area contributed by atoms with Crippen molar-refractivity contribution < 1.29 is 21.7 Å². The number of aryl methyl sites for hydroxylation is 2. The molecule has 0 saturated carbocycles. The lowest BCUT2D eigenvalue weighted by Gasteiger charge is -2.29. The standard InChI is InChI=1S/C22H24FN3O4S/c1-16-3-6-19(7-4-16)31(27,28)30-12-18-10-22(29-11-18,13-26-15-24-14-25-26)20-8-5-17(2)9-21(20)23/h3-9,14-15,18H,10-13H2,1-2H3/t18-,22+/m0/s1. The summed E-state index contributed by atoms with van der Waals surface area (Å²) in [7, 11) is -3.89. The lowest BCUT2D eigenvalue weighted by molar-refractivity contribution is -0.0205. The Morgan fingerprint density at radius 1 is 1.19 bits per heavy atom. The summed E-state index contributed by atoms with van der Waals surface area (Å²) in [6.45, 7) is 4.15. The molecule has 0 N–H and O–H groups in total. The molecule has 0 radical (unpaired) electrons. The largest absolute Gasteiger partial charge is 0.368 e. The average Bonchev–Trinajstić information content (AvgIpc) is 3.38. The maximum atomic E-state index is 14.9. The summed E-state index contributed by atoms with van der Waals surface area (Å²) in [6, 6.07) is 11.5. The summed E-state index contributed by atoms with van der Waals surface area (Å²) in [5, 5.41) is 4.13. The molecule has 0 bridgehead atoms. The van der Waals surface area contributed by atoms with Crippen molar-refractivity contribution in [3.8, 4) is 0 Å². The first-order chi connectivity index (χ1) is 14.8. The minimum atomic E-state index is -3.89. The van der Waals surface area contributed by atoms with Crippen LogP contribution >= 0.6 is 0 Å². The first-order valence-electron chi connectivity index (χ1n) is 9.96. The Hall–Kier alpha value is -2.62. The summed E-state index contributed by atoms with van der Waals surface area (Å²) in [5.41, 5.74) is 1.19. The van der Waals surface area contributed by atoms with Gasteiger partial charge in [-0.25, -0.2) is 14.1 Å². The summed E-state index contributed by atoms with van der Waals surface area (Å²) in [4.78, 5) is 4.06. The van der Waals surface area contributed by atoms with Crippen LogP contribution in [0.5, 0.6) is 0 Å². The number of rotatable bonds is 7. The van der Waals surface area contributed by atoms with Crippen LogP contribution in [0.2, 0.25) is 0 Å². The molecule has 0 amide bonds. The fourth-order valence-electron chi connectivity index (χ4n) is 3.88. The van der Waals surface area contributed by atoms with Crippen LogP contribution in [-0.4, -0.2) is 36.4 Å². The number of halogens is 1.